The maximum Gasteiger partial charge on any atom is 0.210 e. The Morgan fingerprint density at radius 1 is 1.05 bits per heavy atom. The summed E-state index contributed by atoms with van der Waals surface area (Å²) in [5, 5.41) is 2.45. The summed E-state index contributed by atoms with van der Waals surface area (Å²) in [6.07, 6.45) is 0.965. The molecular formula is C17H21NO. The first kappa shape index (κ1) is 13.6. The molecule has 100 valence electrons. The molecule has 19 heavy (non-hydrogen) atoms. The van der Waals surface area contributed by atoms with Gasteiger partial charge in [-0.05, 0) is 29.2 Å². The minimum atomic E-state index is 0.247. The highest BCUT2D eigenvalue weighted by Gasteiger charge is 2.16. The molecule has 0 unspecified atom stereocenters. The smallest absolute Gasteiger partial charge is 0.210 e. The Labute approximate surface area is 115 Å². The van der Waals surface area contributed by atoms with E-state index in [-0.39, 0.29) is 6.04 Å². The molecule has 0 spiro atoms. The van der Waals surface area contributed by atoms with Gasteiger partial charge in [0, 0.05) is 12.6 Å². The van der Waals surface area contributed by atoms with Gasteiger partial charge in [-0.3, -0.25) is 4.79 Å². The van der Waals surface area contributed by atoms with Crippen molar-refractivity contribution in [2.45, 2.75) is 33.4 Å². The van der Waals surface area contributed by atoms with Crippen LogP contribution in [-0.2, 0) is 11.3 Å². The van der Waals surface area contributed by atoms with Crippen LogP contribution in [0.2, 0.25) is 0 Å². The Morgan fingerprint density at radius 3 is 2.42 bits per heavy atom. The lowest BCUT2D eigenvalue weighted by Gasteiger charge is -2.28. The fourth-order valence-corrected chi connectivity index (χ4v) is 2.29. The van der Waals surface area contributed by atoms with Gasteiger partial charge in [0.15, 0.2) is 0 Å². The van der Waals surface area contributed by atoms with E-state index in [1.165, 1.54) is 16.3 Å². The van der Waals surface area contributed by atoms with Crippen LogP contribution >= 0.6 is 0 Å². The number of hydrogen-bond donors (Lipinski definition) is 0. The van der Waals surface area contributed by atoms with Crippen molar-refractivity contribution in [3.05, 3.63) is 48.0 Å². The monoisotopic (exact) mass is 255 g/mol. The molecule has 0 saturated carbocycles. The van der Waals surface area contributed by atoms with E-state index in [0.717, 1.165) is 6.41 Å². The summed E-state index contributed by atoms with van der Waals surface area (Å²) >= 11 is 0. The molecule has 0 bridgehead atoms. The molecule has 2 aromatic carbocycles. The predicted molar refractivity (Wildman–Crippen MR) is 79.9 cm³/mol. The number of rotatable bonds is 5. The molecule has 1 amide bonds. The van der Waals surface area contributed by atoms with Crippen molar-refractivity contribution < 1.29 is 4.79 Å². The van der Waals surface area contributed by atoms with E-state index in [1.54, 1.807) is 0 Å². The Balaban J connectivity index is 2.32. The van der Waals surface area contributed by atoms with Crippen LogP contribution in [0.5, 0.6) is 0 Å². The normalized spacial score (nSPS) is 12.6. The number of fused-ring (bicyclic) bond motifs is 1. The summed E-state index contributed by atoms with van der Waals surface area (Å²) in [6, 6.07) is 14.8. The Kier molecular flexibility index (Phi) is 4.20. The second kappa shape index (κ2) is 5.87. The standard InChI is InChI=1S/C17H21NO/c1-13(2)14(3)18(12-19)11-16-9-6-8-15-7-4-5-10-17(15)16/h4-10,12-14H,11H2,1-3H3/t14-/m1/s1. The molecule has 2 nitrogen and oxygen atoms in total. The lowest BCUT2D eigenvalue weighted by molar-refractivity contribution is -0.121. The number of hydrogen-bond acceptors (Lipinski definition) is 1. The Morgan fingerprint density at radius 2 is 1.74 bits per heavy atom. The van der Waals surface area contributed by atoms with Gasteiger partial charge in [-0.25, -0.2) is 0 Å². The van der Waals surface area contributed by atoms with E-state index in [2.05, 4.69) is 51.1 Å². The number of benzene rings is 2. The van der Waals surface area contributed by atoms with Gasteiger partial charge >= 0.3 is 0 Å². The van der Waals surface area contributed by atoms with Crippen LogP contribution in [-0.4, -0.2) is 17.4 Å². The van der Waals surface area contributed by atoms with Crippen molar-refractivity contribution in [3.8, 4) is 0 Å². The van der Waals surface area contributed by atoms with E-state index < -0.39 is 0 Å². The molecule has 1 atom stereocenters. The number of carbonyl (C=O) groups excluding carboxylic acids is 1. The maximum absolute atomic E-state index is 11.3. The van der Waals surface area contributed by atoms with Crippen LogP contribution in [0.3, 0.4) is 0 Å². The second-order valence-corrected chi connectivity index (χ2v) is 5.40. The zero-order chi connectivity index (χ0) is 13.8. The average Bonchev–Trinajstić information content (AvgIpc) is 2.44. The summed E-state index contributed by atoms with van der Waals surface area (Å²) in [5.74, 6) is 0.458. The van der Waals surface area contributed by atoms with Gasteiger partial charge in [-0.2, -0.15) is 0 Å². The highest BCUT2D eigenvalue weighted by atomic mass is 16.1. The fraction of sp³-hybridized carbons (Fsp3) is 0.353. The van der Waals surface area contributed by atoms with Crippen molar-refractivity contribution in [1.82, 2.24) is 4.90 Å². The van der Waals surface area contributed by atoms with Crippen LogP contribution in [0.15, 0.2) is 42.5 Å². The van der Waals surface area contributed by atoms with Crippen molar-refractivity contribution in [1.29, 1.82) is 0 Å². The van der Waals surface area contributed by atoms with Crippen LogP contribution in [0.25, 0.3) is 10.8 Å². The largest absolute Gasteiger partial charge is 0.338 e. The van der Waals surface area contributed by atoms with Crippen LogP contribution < -0.4 is 0 Å². The van der Waals surface area contributed by atoms with Crippen molar-refractivity contribution in [2.24, 2.45) is 5.92 Å². The van der Waals surface area contributed by atoms with Crippen molar-refractivity contribution >= 4 is 17.2 Å². The Bertz CT molecular complexity index is 557. The zero-order valence-corrected chi connectivity index (χ0v) is 11.8. The van der Waals surface area contributed by atoms with Crippen LogP contribution in [0.4, 0.5) is 0 Å². The molecule has 2 aromatic rings. The topological polar surface area (TPSA) is 20.3 Å². The van der Waals surface area contributed by atoms with Gasteiger partial charge in [0.1, 0.15) is 0 Å². The highest BCUT2D eigenvalue weighted by Crippen LogP contribution is 2.21. The molecule has 0 saturated heterocycles. The van der Waals surface area contributed by atoms with E-state index in [9.17, 15) is 4.79 Å². The van der Waals surface area contributed by atoms with Gasteiger partial charge in [-0.15, -0.1) is 0 Å². The van der Waals surface area contributed by atoms with Gasteiger partial charge in [0.25, 0.3) is 0 Å². The van der Waals surface area contributed by atoms with E-state index >= 15 is 0 Å². The minimum absolute atomic E-state index is 0.247. The van der Waals surface area contributed by atoms with Crippen LogP contribution in [0, 0.1) is 5.92 Å². The number of amides is 1. The maximum atomic E-state index is 11.3. The van der Waals surface area contributed by atoms with Gasteiger partial charge in [0.2, 0.25) is 6.41 Å². The first-order valence-electron chi connectivity index (χ1n) is 6.81. The Hall–Kier alpha value is -1.83. The number of carbonyl (C=O) groups is 1. The van der Waals surface area contributed by atoms with E-state index in [1.807, 2.05) is 17.0 Å². The summed E-state index contributed by atoms with van der Waals surface area (Å²) in [4.78, 5) is 13.2. The van der Waals surface area contributed by atoms with E-state index in [0.29, 0.717) is 12.5 Å². The quantitative estimate of drug-likeness (QED) is 0.743. The molecule has 0 radical (unpaired) electrons. The molecular weight excluding hydrogens is 234 g/mol. The lowest BCUT2D eigenvalue weighted by atomic mass is 10.0. The molecule has 0 heterocycles. The molecule has 2 rings (SSSR count). The summed E-state index contributed by atoms with van der Waals surface area (Å²) < 4.78 is 0. The molecule has 0 aliphatic heterocycles. The van der Waals surface area contributed by atoms with Gasteiger partial charge < -0.3 is 4.90 Å². The summed E-state index contributed by atoms with van der Waals surface area (Å²) in [7, 11) is 0. The summed E-state index contributed by atoms with van der Waals surface area (Å²) in [5.41, 5.74) is 1.21. The van der Waals surface area contributed by atoms with Crippen LogP contribution in [0.1, 0.15) is 26.3 Å². The molecule has 0 aliphatic rings. The first-order chi connectivity index (χ1) is 9.13. The second-order valence-electron chi connectivity index (χ2n) is 5.40. The fourth-order valence-electron chi connectivity index (χ4n) is 2.29. The van der Waals surface area contributed by atoms with Gasteiger partial charge in [-0.1, -0.05) is 56.3 Å². The third-order valence-corrected chi connectivity index (χ3v) is 3.86. The zero-order valence-electron chi connectivity index (χ0n) is 11.8. The third-order valence-electron chi connectivity index (χ3n) is 3.86. The SMILES string of the molecule is CC(C)[C@@H](C)N(C=O)Cc1cccc2ccccc12. The third kappa shape index (κ3) is 2.95. The average molecular weight is 255 g/mol. The lowest BCUT2D eigenvalue weighted by Crippen LogP contribution is -2.35. The van der Waals surface area contributed by atoms with E-state index in [4.69, 9.17) is 0 Å². The first-order valence-corrected chi connectivity index (χ1v) is 6.81. The van der Waals surface area contributed by atoms with Crippen molar-refractivity contribution in [3.63, 3.8) is 0 Å². The predicted octanol–water partition coefficient (Wildman–Crippen LogP) is 3.84. The number of nitrogens with zero attached hydrogens (tertiary/aromatic N) is 1. The molecule has 0 aromatic heterocycles. The molecule has 2 heteroatoms. The highest BCUT2D eigenvalue weighted by molar-refractivity contribution is 5.85. The molecule has 0 fully saturated rings. The van der Waals surface area contributed by atoms with Gasteiger partial charge in [0.05, 0.1) is 0 Å². The molecule has 0 aliphatic carbocycles. The summed E-state index contributed by atoms with van der Waals surface area (Å²) in [6.45, 7) is 7.06. The minimum Gasteiger partial charge on any atom is -0.338 e. The van der Waals surface area contributed by atoms with Crippen molar-refractivity contribution in [2.75, 3.05) is 0 Å². The molecule has 0 N–H and O–H groups in total.